The quantitative estimate of drug-likeness (QED) is 0.212. The van der Waals surface area contributed by atoms with Gasteiger partial charge in [0, 0.05) is 5.69 Å². The van der Waals surface area contributed by atoms with Gasteiger partial charge in [-0.3, -0.25) is 0 Å². The molecule has 7 rings (SSSR count). The van der Waals surface area contributed by atoms with Crippen molar-refractivity contribution in [2.24, 2.45) is 0 Å². The van der Waals surface area contributed by atoms with E-state index >= 15 is 0 Å². The molecule has 0 bridgehead atoms. The molecule has 1 aliphatic rings. The Labute approximate surface area is 235 Å². The van der Waals surface area contributed by atoms with Gasteiger partial charge in [-0.25, -0.2) is 0 Å². The zero-order chi connectivity index (χ0) is 26.7. The molecule has 6 aromatic carbocycles. The zero-order valence-corrected chi connectivity index (χ0v) is 21.9. The van der Waals surface area contributed by atoms with Gasteiger partial charge in [0.1, 0.15) is 0 Å². The van der Waals surface area contributed by atoms with Gasteiger partial charge in [0.2, 0.25) is 0 Å². The summed E-state index contributed by atoms with van der Waals surface area (Å²) in [5.41, 5.74) is 10.3. The topological polar surface area (TPSA) is 12.5 Å². The number of hydrogen-bond acceptors (Lipinski definition) is 2. The monoisotopic (exact) mass is 513 g/mol. The van der Waals surface area contributed by atoms with Gasteiger partial charge < -0.3 is 9.64 Å². The van der Waals surface area contributed by atoms with Crippen LogP contribution in [0.2, 0.25) is 0 Å². The van der Waals surface area contributed by atoms with Gasteiger partial charge in [0.15, 0.2) is 11.5 Å². The molecule has 0 atom stereocenters. The van der Waals surface area contributed by atoms with E-state index in [4.69, 9.17) is 4.74 Å². The summed E-state index contributed by atoms with van der Waals surface area (Å²) in [5.74, 6) is 1.70. The van der Waals surface area contributed by atoms with E-state index < -0.39 is 0 Å². The van der Waals surface area contributed by atoms with Crippen molar-refractivity contribution >= 4 is 28.2 Å². The molecule has 1 heterocycles. The normalized spacial score (nSPS) is 11.7. The van der Waals surface area contributed by atoms with Crippen LogP contribution in [0.5, 0.6) is 11.5 Å². The molecule has 190 valence electrons. The Kier molecular flexibility index (Phi) is 6.20. The van der Waals surface area contributed by atoms with Crippen LogP contribution in [0.15, 0.2) is 164 Å². The maximum atomic E-state index is 6.23. The predicted octanol–water partition coefficient (Wildman–Crippen LogP) is 10.3. The third kappa shape index (κ3) is 4.36. The van der Waals surface area contributed by atoms with E-state index in [2.05, 4.69) is 144 Å². The van der Waals surface area contributed by atoms with Crippen LogP contribution in [0.3, 0.4) is 0 Å². The molecule has 0 saturated carbocycles. The summed E-state index contributed by atoms with van der Waals surface area (Å²) >= 11 is 0. The molecular weight excluding hydrogens is 486 g/mol. The molecule has 6 aromatic rings. The first-order valence-corrected chi connectivity index (χ1v) is 13.5. The smallest absolute Gasteiger partial charge is 0.151 e. The highest BCUT2D eigenvalue weighted by molar-refractivity contribution is 6.04. The Morgan fingerprint density at radius 1 is 0.350 bits per heavy atom. The van der Waals surface area contributed by atoms with Crippen LogP contribution in [-0.4, -0.2) is 0 Å². The number of nitrogens with zero attached hydrogens (tertiary/aromatic N) is 1. The van der Waals surface area contributed by atoms with Gasteiger partial charge >= 0.3 is 0 Å². The van der Waals surface area contributed by atoms with Crippen molar-refractivity contribution in [3.05, 3.63) is 186 Å². The number of anilines is 3. The average molecular weight is 514 g/mol. The molecule has 2 heteroatoms. The molecule has 0 fully saturated rings. The van der Waals surface area contributed by atoms with Gasteiger partial charge in [0.05, 0.1) is 11.4 Å². The fourth-order valence-electron chi connectivity index (χ4n) is 5.49. The molecule has 1 aliphatic heterocycles. The van der Waals surface area contributed by atoms with Gasteiger partial charge in [0.25, 0.3) is 0 Å². The van der Waals surface area contributed by atoms with Crippen molar-refractivity contribution in [2.75, 3.05) is 4.90 Å². The number of hydrogen-bond donors (Lipinski definition) is 0. The van der Waals surface area contributed by atoms with Crippen LogP contribution in [0, 0.1) is 0 Å². The number of ether oxygens (including phenoxy) is 1. The van der Waals surface area contributed by atoms with Crippen LogP contribution in [0.1, 0.15) is 22.3 Å². The summed E-state index contributed by atoms with van der Waals surface area (Å²) in [5, 5.41) is 0. The predicted molar refractivity (Wildman–Crippen MR) is 166 cm³/mol. The zero-order valence-electron chi connectivity index (χ0n) is 21.9. The van der Waals surface area contributed by atoms with E-state index in [0.29, 0.717) is 0 Å². The van der Waals surface area contributed by atoms with Crippen molar-refractivity contribution in [1.82, 2.24) is 0 Å². The van der Waals surface area contributed by atoms with Crippen molar-refractivity contribution in [2.45, 2.75) is 0 Å². The van der Waals surface area contributed by atoms with Gasteiger partial charge in [-0.05, 0) is 69.8 Å². The fourth-order valence-corrected chi connectivity index (χ4v) is 5.49. The van der Waals surface area contributed by atoms with E-state index in [1.807, 2.05) is 24.3 Å². The summed E-state index contributed by atoms with van der Waals surface area (Å²) in [4.78, 5) is 2.28. The molecule has 0 spiro atoms. The minimum Gasteiger partial charge on any atom is -0.453 e. The second-order valence-corrected chi connectivity index (χ2v) is 9.77. The molecule has 0 N–H and O–H groups in total. The summed E-state index contributed by atoms with van der Waals surface area (Å²) in [6, 6.07) is 57.4. The number of fused-ring (bicyclic) bond motifs is 2. The first-order valence-electron chi connectivity index (χ1n) is 13.5. The maximum absolute atomic E-state index is 6.23. The van der Waals surface area contributed by atoms with E-state index in [0.717, 1.165) is 34.1 Å². The molecule has 0 radical (unpaired) electrons. The van der Waals surface area contributed by atoms with Gasteiger partial charge in [-0.15, -0.1) is 0 Å². The van der Waals surface area contributed by atoms with Crippen molar-refractivity contribution in [3.8, 4) is 11.5 Å². The molecule has 0 amide bonds. The first kappa shape index (κ1) is 23.8. The SMILES string of the molecule is c1ccc(C(=C(c2ccccc2)c2ccc(N3c4ccccc4Oc4ccccc43)cc2)c2ccccc2)cc1. The Bertz CT molecular complexity index is 1700. The van der Waals surface area contributed by atoms with Crippen LogP contribution >= 0.6 is 0 Å². The van der Waals surface area contributed by atoms with Crippen molar-refractivity contribution in [1.29, 1.82) is 0 Å². The Hall–Kier alpha value is -5.34. The average Bonchev–Trinajstić information content (AvgIpc) is 3.04. The second-order valence-electron chi connectivity index (χ2n) is 9.77. The Morgan fingerprint density at radius 2 is 0.700 bits per heavy atom. The highest BCUT2D eigenvalue weighted by atomic mass is 16.5. The minimum absolute atomic E-state index is 0.852. The largest absolute Gasteiger partial charge is 0.453 e. The summed E-state index contributed by atoms with van der Waals surface area (Å²) in [6.07, 6.45) is 0. The molecule has 2 nitrogen and oxygen atoms in total. The highest BCUT2D eigenvalue weighted by Gasteiger charge is 2.25. The van der Waals surface area contributed by atoms with Crippen LogP contribution < -0.4 is 9.64 Å². The summed E-state index contributed by atoms with van der Waals surface area (Å²) in [7, 11) is 0. The summed E-state index contributed by atoms with van der Waals surface area (Å²) in [6.45, 7) is 0. The first-order chi connectivity index (χ1) is 19.9. The van der Waals surface area contributed by atoms with Crippen LogP contribution in [0.25, 0.3) is 11.1 Å². The lowest BCUT2D eigenvalue weighted by molar-refractivity contribution is 0.477. The third-order valence-electron chi connectivity index (χ3n) is 7.28. The van der Waals surface area contributed by atoms with E-state index in [9.17, 15) is 0 Å². The molecular formula is C38H27NO. The fraction of sp³-hybridized carbons (Fsp3) is 0. The second kappa shape index (κ2) is 10.4. The summed E-state index contributed by atoms with van der Waals surface area (Å²) < 4.78 is 6.23. The number of para-hydroxylation sites is 4. The molecule has 0 unspecified atom stereocenters. The Balaban J connectivity index is 1.42. The van der Waals surface area contributed by atoms with Crippen LogP contribution in [0.4, 0.5) is 17.1 Å². The van der Waals surface area contributed by atoms with E-state index in [1.54, 1.807) is 0 Å². The molecule has 0 aromatic heterocycles. The third-order valence-corrected chi connectivity index (χ3v) is 7.28. The molecule has 40 heavy (non-hydrogen) atoms. The highest BCUT2D eigenvalue weighted by Crippen LogP contribution is 2.50. The minimum atomic E-state index is 0.852. The van der Waals surface area contributed by atoms with Crippen molar-refractivity contribution in [3.63, 3.8) is 0 Å². The lowest BCUT2D eigenvalue weighted by Gasteiger charge is -2.32. The lowest BCUT2D eigenvalue weighted by Crippen LogP contribution is -2.15. The van der Waals surface area contributed by atoms with Crippen LogP contribution in [-0.2, 0) is 0 Å². The van der Waals surface area contributed by atoms with Crippen molar-refractivity contribution < 1.29 is 4.74 Å². The maximum Gasteiger partial charge on any atom is 0.151 e. The molecule has 0 saturated heterocycles. The molecule has 0 aliphatic carbocycles. The van der Waals surface area contributed by atoms with Gasteiger partial charge in [-0.2, -0.15) is 0 Å². The van der Waals surface area contributed by atoms with E-state index in [1.165, 1.54) is 27.8 Å². The van der Waals surface area contributed by atoms with Gasteiger partial charge in [-0.1, -0.05) is 127 Å². The number of rotatable bonds is 5. The number of benzene rings is 6. The Morgan fingerprint density at radius 3 is 1.12 bits per heavy atom. The van der Waals surface area contributed by atoms with E-state index in [-0.39, 0.29) is 0 Å². The standard InChI is InChI=1S/C38H27NO/c1-4-14-28(15-5-1)37(29-16-6-2-7-17-29)38(30-18-8-3-9-19-30)31-24-26-32(27-25-31)39-33-20-10-12-22-35(33)40-36-23-13-11-21-34(36)39/h1-27H. The lowest BCUT2D eigenvalue weighted by atomic mass is 9.86.